The molecule has 7 aliphatic rings. The summed E-state index contributed by atoms with van der Waals surface area (Å²) in [4.78, 5) is 18.6. The highest BCUT2D eigenvalue weighted by atomic mass is 16.6. The Morgan fingerprint density at radius 2 is 1.69 bits per heavy atom. The molecule has 7 nitrogen and oxygen atoms in total. The maximum atomic E-state index is 13.8. The van der Waals surface area contributed by atoms with Crippen LogP contribution in [0, 0.1) is 16.7 Å². The van der Waals surface area contributed by atoms with Crippen LogP contribution in [0.25, 0.3) is 0 Å². The Morgan fingerprint density at radius 3 is 2.37 bits per heavy atom. The summed E-state index contributed by atoms with van der Waals surface area (Å²) in [5, 5.41) is 10.4. The number of ether oxygens (including phenoxy) is 3. The molecule has 2 aliphatic heterocycles. The van der Waals surface area contributed by atoms with Crippen LogP contribution in [0.5, 0.6) is 11.5 Å². The highest BCUT2D eigenvalue weighted by Crippen LogP contribution is 2.68. The first-order valence-electron chi connectivity index (χ1n) is 19.7. The van der Waals surface area contributed by atoms with Crippen LogP contribution in [-0.4, -0.2) is 71.1 Å². The Bertz CT molecular complexity index is 1400. The fourth-order valence-electron chi connectivity index (χ4n) is 12.2. The van der Waals surface area contributed by atoms with Gasteiger partial charge in [-0.3, -0.25) is 4.90 Å². The van der Waals surface area contributed by atoms with Gasteiger partial charge in [-0.05, 0) is 120 Å². The van der Waals surface area contributed by atoms with E-state index in [2.05, 4.69) is 41.9 Å². The molecule has 2 heterocycles. The summed E-state index contributed by atoms with van der Waals surface area (Å²) in [6, 6.07) is 4.29. The van der Waals surface area contributed by atoms with Crippen molar-refractivity contribution in [1.29, 1.82) is 0 Å². The fraction of sp³-hybridized carbons (Fsp3) is 0.786. The molecule has 1 spiro atoms. The lowest BCUT2D eigenvalue weighted by Crippen LogP contribution is -2.66. The molecular formula is C42H64N2O5. The third kappa shape index (κ3) is 6.89. The molecule has 4 saturated carbocycles. The molecular weight excluding hydrogens is 612 g/mol. The number of unbranched alkanes of at least 4 members (excludes halogenated alkanes) is 6. The SMILES string of the molecule is COc1ccc2c3c1O[C@H]1C[C@@H](O)C=C[C@@]31CCN(CCCCCCCCCN(C(=O)OC(C)(C)C)C13CC4CC(C)(CC(C)(C4)C1)C3)C2. The van der Waals surface area contributed by atoms with E-state index in [0.29, 0.717) is 17.3 Å². The van der Waals surface area contributed by atoms with E-state index in [0.717, 1.165) is 69.3 Å². The first kappa shape index (κ1) is 35.2. The number of benzene rings is 1. The van der Waals surface area contributed by atoms with E-state index in [1.165, 1.54) is 75.3 Å². The van der Waals surface area contributed by atoms with Gasteiger partial charge in [0.1, 0.15) is 11.7 Å². The standard InChI is InChI=1S/C42H64N2O5/c1-38(2,3)49-37(46)44(41-25-30-23-39(4,28-41)27-40(5,24-30)29-41)20-13-11-9-7-8-10-12-19-43-21-18-42-17-16-32(45)22-34(42)48-36-33(47-6)15-14-31(26-43)35(36)42/h14-17,30,32,34,45H,7-13,18-29H2,1-6H3/t30?,32-,34-,39?,40?,41?,42-/m0/s1. The van der Waals surface area contributed by atoms with Gasteiger partial charge in [-0.1, -0.05) is 64.2 Å². The first-order valence-corrected chi connectivity index (χ1v) is 19.7. The summed E-state index contributed by atoms with van der Waals surface area (Å²) in [7, 11) is 1.71. The van der Waals surface area contributed by atoms with Gasteiger partial charge in [0.25, 0.3) is 0 Å². The van der Waals surface area contributed by atoms with Crippen molar-refractivity contribution in [3.05, 3.63) is 35.4 Å². The second-order valence-corrected chi connectivity index (χ2v) is 18.9. The highest BCUT2D eigenvalue weighted by molar-refractivity contribution is 5.69. The molecule has 4 bridgehead atoms. The molecule has 0 radical (unpaired) electrons. The van der Waals surface area contributed by atoms with Crippen LogP contribution in [0.2, 0.25) is 0 Å². The molecule has 5 atom stereocenters. The molecule has 49 heavy (non-hydrogen) atoms. The van der Waals surface area contributed by atoms with Crippen LogP contribution in [0.15, 0.2) is 24.3 Å². The summed E-state index contributed by atoms with van der Waals surface area (Å²) < 4.78 is 18.3. The third-order valence-electron chi connectivity index (χ3n) is 13.2. The zero-order valence-electron chi connectivity index (χ0n) is 31.5. The minimum atomic E-state index is -0.469. The minimum absolute atomic E-state index is 0.0204. The van der Waals surface area contributed by atoms with E-state index < -0.39 is 11.7 Å². The molecule has 8 rings (SSSR count). The Labute approximate surface area is 296 Å². The van der Waals surface area contributed by atoms with Gasteiger partial charge in [-0.25, -0.2) is 4.79 Å². The maximum Gasteiger partial charge on any atom is 0.410 e. The number of rotatable bonds is 12. The van der Waals surface area contributed by atoms with E-state index >= 15 is 0 Å². The van der Waals surface area contributed by atoms with Crippen LogP contribution >= 0.6 is 0 Å². The molecule has 1 aromatic rings. The first-order chi connectivity index (χ1) is 23.2. The fourth-order valence-corrected chi connectivity index (χ4v) is 12.2. The molecule has 1 N–H and O–H groups in total. The van der Waals surface area contributed by atoms with Gasteiger partial charge < -0.3 is 24.2 Å². The second-order valence-electron chi connectivity index (χ2n) is 18.9. The Morgan fingerprint density at radius 1 is 1.00 bits per heavy atom. The average Bonchev–Trinajstić information content (AvgIpc) is 3.23. The summed E-state index contributed by atoms with van der Waals surface area (Å²) in [5.41, 5.74) is 2.71. The minimum Gasteiger partial charge on any atom is -0.493 e. The lowest BCUT2D eigenvalue weighted by Gasteiger charge is -2.67. The second kappa shape index (κ2) is 13.1. The predicted octanol–water partition coefficient (Wildman–Crippen LogP) is 8.94. The van der Waals surface area contributed by atoms with Crippen molar-refractivity contribution in [2.24, 2.45) is 16.7 Å². The molecule has 1 aromatic carbocycles. The quantitative estimate of drug-likeness (QED) is 0.176. The van der Waals surface area contributed by atoms with Crippen LogP contribution in [0.3, 0.4) is 0 Å². The largest absolute Gasteiger partial charge is 0.493 e. The van der Waals surface area contributed by atoms with Crippen molar-refractivity contribution in [1.82, 2.24) is 9.80 Å². The molecule has 0 saturated heterocycles. The van der Waals surface area contributed by atoms with E-state index in [1.807, 2.05) is 26.8 Å². The van der Waals surface area contributed by atoms with E-state index in [1.54, 1.807) is 7.11 Å². The van der Waals surface area contributed by atoms with Gasteiger partial charge in [-0.15, -0.1) is 0 Å². The van der Waals surface area contributed by atoms with Crippen LogP contribution in [-0.2, 0) is 16.7 Å². The number of hydrogen-bond donors (Lipinski definition) is 1. The number of carbonyl (C=O) groups is 1. The van der Waals surface area contributed by atoms with Crippen LogP contribution in [0.1, 0.15) is 142 Å². The normalized spacial score (nSPS) is 35.8. The zero-order chi connectivity index (χ0) is 34.7. The lowest BCUT2D eigenvalue weighted by molar-refractivity contribution is -0.157. The maximum absolute atomic E-state index is 13.8. The molecule has 5 aliphatic carbocycles. The topological polar surface area (TPSA) is 71.5 Å². The van der Waals surface area contributed by atoms with Crippen molar-refractivity contribution >= 4 is 6.09 Å². The Balaban J connectivity index is 0.878. The van der Waals surface area contributed by atoms with Crippen LogP contribution < -0.4 is 9.47 Å². The van der Waals surface area contributed by atoms with Gasteiger partial charge in [0.05, 0.1) is 18.6 Å². The summed E-state index contributed by atoms with van der Waals surface area (Å²) in [5.74, 6) is 2.45. The van der Waals surface area contributed by atoms with E-state index in [-0.39, 0.29) is 23.2 Å². The van der Waals surface area contributed by atoms with Gasteiger partial charge in [-0.2, -0.15) is 0 Å². The van der Waals surface area contributed by atoms with E-state index in [9.17, 15) is 9.90 Å². The average molecular weight is 677 g/mol. The third-order valence-corrected chi connectivity index (χ3v) is 13.2. The number of methoxy groups -OCH3 is 1. The Kier molecular flexibility index (Phi) is 9.37. The summed E-state index contributed by atoms with van der Waals surface area (Å²) >= 11 is 0. The number of hydrogen-bond acceptors (Lipinski definition) is 6. The predicted molar refractivity (Wildman–Crippen MR) is 194 cm³/mol. The lowest BCUT2D eigenvalue weighted by atomic mass is 9.42. The van der Waals surface area contributed by atoms with Gasteiger partial charge in [0, 0.05) is 30.6 Å². The number of amides is 1. The molecule has 2 unspecified atom stereocenters. The van der Waals surface area contributed by atoms with E-state index in [4.69, 9.17) is 14.2 Å². The summed E-state index contributed by atoms with van der Waals surface area (Å²) in [6.45, 7) is 14.9. The molecule has 272 valence electrons. The van der Waals surface area contributed by atoms with Crippen LogP contribution in [0.4, 0.5) is 4.79 Å². The van der Waals surface area contributed by atoms with Crippen molar-refractivity contribution < 1.29 is 24.1 Å². The number of aliphatic hydroxyl groups excluding tert-OH is 1. The van der Waals surface area contributed by atoms with Crippen molar-refractivity contribution in [3.63, 3.8) is 0 Å². The molecule has 4 fully saturated rings. The monoisotopic (exact) mass is 676 g/mol. The smallest absolute Gasteiger partial charge is 0.410 e. The number of carbonyl (C=O) groups excluding carboxylic acids is 1. The van der Waals surface area contributed by atoms with Gasteiger partial charge in [0.2, 0.25) is 0 Å². The number of nitrogens with zero attached hydrogens (tertiary/aromatic N) is 2. The highest BCUT2D eigenvalue weighted by Gasteiger charge is 2.63. The van der Waals surface area contributed by atoms with Gasteiger partial charge >= 0.3 is 6.09 Å². The molecule has 1 amide bonds. The zero-order valence-corrected chi connectivity index (χ0v) is 31.5. The molecule has 0 aromatic heterocycles. The number of aliphatic hydroxyl groups is 1. The van der Waals surface area contributed by atoms with Crippen molar-refractivity contribution in [2.45, 2.75) is 166 Å². The van der Waals surface area contributed by atoms with Crippen molar-refractivity contribution in [2.75, 3.05) is 26.7 Å². The molecule has 7 heteroatoms. The summed E-state index contributed by atoms with van der Waals surface area (Å²) in [6.07, 6.45) is 21.2. The van der Waals surface area contributed by atoms with Gasteiger partial charge in [0.15, 0.2) is 11.5 Å². The van der Waals surface area contributed by atoms with Crippen molar-refractivity contribution in [3.8, 4) is 11.5 Å². The Hall–Kier alpha value is -2.25.